The van der Waals surface area contributed by atoms with Crippen molar-refractivity contribution in [2.75, 3.05) is 13.1 Å². The lowest BCUT2D eigenvalue weighted by molar-refractivity contribution is -0.124. The number of halogens is 2. The predicted octanol–water partition coefficient (Wildman–Crippen LogP) is 6.24. The van der Waals surface area contributed by atoms with Gasteiger partial charge in [0.2, 0.25) is 5.91 Å². The first-order valence-corrected chi connectivity index (χ1v) is 13.1. The minimum absolute atomic E-state index is 0.0349. The molecular weight excluding hydrogens is 491 g/mol. The van der Waals surface area contributed by atoms with Crippen molar-refractivity contribution in [2.45, 2.75) is 38.3 Å². The Balaban J connectivity index is 1.11. The van der Waals surface area contributed by atoms with E-state index in [1.54, 1.807) is 11.0 Å². The maximum atomic E-state index is 14.2. The van der Waals surface area contributed by atoms with E-state index in [-0.39, 0.29) is 42.3 Å². The fourth-order valence-corrected chi connectivity index (χ4v) is 5.61. The molecule has 0 spiro atoms. The summed E-state index contributed by atoms with van der Waals surface area (Å²) in [5, 5.41) is 3.66. The van der Waals surface area contributed by atoms with E-state index in [1.165, 1.54) is 12.1 Å². The molecule has 3 aromatic rings. The van der Waals surface area contributed by atoms with Crippen LogP contribution in [0.3, 0.4) is 0 Å². The smallest absolute Gasteiger partial charge is 0.410 e. The van der Waals surface area contributed by atoms with E-state index in [1.807, 2.05) is 54.6 Å². The van der Waals surface area contributed by atoms with Gasteiger partial charge in [-0.25, -0.2) is 9.18 Å². The van der Waals surface area contributed by atoms with Gasteiger partial charge in [-0.2, -0.15) is 0 Å². The molecular formula is C30H30ClFN2O3. The maximum absolute atomic E-state index is 14.2. The Bertz CT molecular complexity index is 1240. The normalized spacial score (nSPS) is 20.1. The largest absolute Gasteiger partial charge is 0.445 e. The number of hydrogen-bond donors (Lipinski definition) is 1. The van der Waals surface area contributed by atoms with Crippen molar-refractivity contribution in [2.24, 2.45) is 11.8 Å². The molecule has 2 atom stereocenters. The Hall–Kier alpha value is -3.38. The first kappa shape index (κ1) is 25.3. The van der Waals surface area contributed by atoms with Gasteiger partial charge in [0.15, 0.2) is 0 Å². The number of rotatable bonds is 6. The molecule has 1 unspecified atom stereocenters. The lowest BCUT2D eigenvalue weighted by Crippen LogP contribution is -2.41. The summed E-state index contributed by atoms with van der Waals surface area (Å²) in [6.45, 7) is 1.48. The highest BCUT2D eigenvalue weighted by Gasteiger charge is 2.39. The third-order valence-corrected chi connectivity index (χ3v) is 7.70. The summed E-state index contributed by atoms with van der Waals surface area (Å²) in [5.74, 6) is 0.0231. The van der Waals surface area contributed by atoms with Crippen LogP contribution < -0.4 is 5.32 Å². The van der Waals surface area contributed by atoms with Crippen LogP contribution in [-0.2, 0) is 22.6 Å². The molecule has 0 aliphatic carbocycles. The molecule has 1 N–H and O–H groups in total. The summed E-state index contributed by atoms with van der Waals surface area (Å²) in [4.78, 5) is 27.0. The minimum atomic E-state index is -0.307. The number of likely N-dealkylation sites (tertiary alicyclic amines) is 1. The first-order chi connectivity index (χ1) is 18.0. The second kappa shape index (κ2) is 11.3. The van der Waals surface area contributed by atoms with Gasteiger partial charge >= 0.3 is 6.09 Å². The van der Waals surface area contributed by atoms with Crippen molar-refractivity contribution in [1.29, 1.82) is 0 Å². The summed E-state index contributed by atoms with van der Waals surface area (Å²) in [5.41, 5.74) is 3.30. The van der Waals surface area contributed by atoms with Crippen molar-refractivity contribution >= 4 is 23.6 Å². The number of nitrogens with zero attached hydrogens (tertiary/aromatic N) is 1. The van der Waals surface area contributed by atoms with Gasteiger partial charge < -0.3 is 15.0 Å². The molecule has 0 saturated carbocycles. The van der Waals surface area contributed by atoms with Crippen LogP contribution in [0.15, 0.2) is 72.8 Å². The average Bonchev–Trinajstić information content (AvgIpc) is 3.29. The van der Waals surface area contributed by atoms with E-state index >= 15 is 0 Å². The van der Waals surface area contributed by atoms with Crippen LogP contribution in [0.25, 0.3) is 11.1 Å². The quantitative estimate of drug-likeness (QED) is 0.418. The summed E-state index contributed by atoms with van der Waals surface area (Å²) in [7, 11) is 0. The molecule has 2 amide bonds. The van der Waals surface area contributed by atoms with Gasteiger partial charge in [0.1, 0.15) is 12.4 Å². The average molecular weight is 521 g/mol. The molecule has 5 rings (SSSR count). The number of amides is 2. The van der Waals surface area contributed by atoms with Crippen molar-refractivity contribution in [3.8, 4) is 11.1 Å². The van der Waals surface area contributed by atoms with Crippen molar-refractivity contribution in [1.82, 2.24) is 10.2 Å². The molecule has 2 aliphatic rings. The van der Waals surface area contributed by atoms with E-state index in [0.717, 1.165) is 42.4 Å². The maximum Gasteiger partial charge on any atom is 0.410 e. The standard InChI is InChI=1S/C30H30ClFN2O3/c31-24-10-11-28(32)26(17-24)22-8-6-20(7-9-22)16-25-18-27(29(35)33-25)23-12-14-34(15-13-23)30(36)37-19-21-4-2-1-3-5-21/h1-11,17,23,25,27H,12-16,18-19H2,(H,33,35)/t25-,27?/m1/s1. The minimum Gasteiger partial charge on any atom is -0.445 e. The van der Waals surface area contributed by atoms with E-state index in [4.69, 9.17) is 16.3 Å². The predicted molar refractivity (Wildman–Crippen MR) is 142 cm³/mol. The summed E-state index contributed by atoms with van der Waals surface area (Å²) >= 11 is 6.03. The van der Waals surface area contributed by atoms with Crippen molar-refractivity contribution in [3.63, 3.8) is 0 Å². The van der Waals surface area contributed by atoms with Gasteiger partial charge in [-0.15, -0.1) is 0 Å². The number of benzene rings is 3. The third kappa shape index (κ3) is 6.13. The molecule has 0 radical (unpaired) electrons. The Morgan fingerprint density at radius 2 is 1.73 bits per heavy atom. The fraction of sp³-hybridized carbons (Fsp3) is 0.333. The van der Waals surface area contributed by atoms with Gasteiger partial charge in [0, 0.05) is 35.6 Å². The van der Waals surface area contributed by atoms with Crippen LogP contribution >= 0.6 is 11.6 Å². The van der Waals surface area contributed by atoms with Crippen molar-refractivity contribution < 1.29 is 18.7 Å². The van der Waals surface area contributed by atoms with Crippen LogP contribution in [0.5, 0.6) is 0 Å². The molecule has 5 nitrogen and oxygen atoms in total. The van der Waals surface area contributed by atoms with Gasteiger partial charge in [-0.05, 0) is 66.5 Å². The van der Waals surface area contributed by atoms with Gasteiger partial charge in [-0.1, -0.05) is 66.2 Å². The van der Waals surface area contributed by atoms with E-state index in [9.17, 15) is 14.0 Å². The number of nitrogens with one attached hydrogen (secondary N) is 1. The van der Waals surface area contributed by atoms with Gasteiger partial charge in [-0.3, -0.25) is 4.79 Å². The SMILES string of the molecule is O=C1N[C@H](Cc2ccc(-c3cc(Cl)ccc3F)cc2)CC1C1CCN(C(=O)OCc2ccccc2)CC1. The topological polar surface area (TPSA) is 58.6 Å². The molecule has 7 heteroatoms. The molecule has 192 valence electrons. The summed E-state index contributed by atoms with van der Waals surface area (Å²) < 4.78 is 19.7. The van der Waals surface area contributed by atoms with Crippen molar-refractivity contribution in [3.05, 3.63) is 94.8 Å². The summed E-state index contributed by atoms with van der Waals surface area (Å²) in [6, 6.07) is 22.0. The van der Waals surface area contributed by atoms with Crippen LogP contribution in [0.2, 0.25) is 5.02 Å². The number of ether oxygens (including phenoxy) is 1. The molecule has 2 saturated heterocycles. The molecule has 2 heterocycles. The Labute approximate surface area is 221 Å². The number of hydrogen-bond acceptors (Lipinski definition) is 3. The van der Waals surface area contributed by atoms with Crippen LogP contribution in [0.1, 0.15) is 30.4 Å². The zero-order valence-electron chi connectivity index (χ0n) is 20.5. The van der Waals surface area contributed by atoms with E-state index < -0.39 is 0 Å². The Morgan fingerprint density at radius 1 is 1.00 bits per heavy atom. The van der Waals surface area contributed by atoms with Crippen LogP contribution in [-0.4, -0.2) is 36.0 Å². The zero-order valence-corrected chi connectivity index (χ0v) is 21.3. The number of carbonyl (C=O) groups is 2. The number of carbonyl (C=O) groups excluding carboxylic acids is 2. The second-order valence-electron chi connectivity index (χ2n) is 9.94. The monoisotopic (exact) mass is 520 g/mol. The molecule has 37 heavy (non-hydrogen) atoms. The highest BCUT2D eigenvalue weighted by molar-refractivity contribution is 6.30. The number of piperidine rings is 1. The Kier molecular flexibility index (Phi) is 7.75. The molecule has 3 aromatic carbocycles. The fourth-order valence-electron chi connectivity index (χ4n) is 5.44. The third-order valence-electron chi connectivity index (χ3n) is 7.47. The lowest BCUT2D eigenvalue weighted by Gasteiger charge is -2.33. The molecule has 0 aromatic heterocycles. The van der Waals surface area contributed by atoms with E-state index in [2.05, 4.69) is 5.32 Å². The van der Waals surface area contributed by atoms with Gasteiger partial charge in [0.25, 0.3) is 0 Å². The van der Waals surface area contributed by atoms with E-state index in [0.29, 0.717) is 23.7 Å². The first-order valence-electron chi connectivity index (χ1n) is 12.8. The highest BCUT2D eigenvalue weighted by atomic mass is 35.5. The Morgan fingerprint density at radius 3 is 2.46 bits per heavy atom. The van der Waals surface area contributed by atoms with Crippen LogP contribution in [0, 0.1) is 17.7 Å². The van der Waals surface area contributed by atoms with Crippen LogP contribution in [0.4, 0.5) is 9.18 Å². The molecule has 0 bridgehead atoms. The lowest BCUT2D eigenvalue weighted by atomic mass is 9.82. The zero-order chi connectivity index (χ0) is 25.8. The molecule has 2 fully saturated rings. The van der Waals surface area contributed by atoms with Gasteiger partial charge in [0.05, 0.1) is 0 Å². The summed E-state index contributed by atoms with van der Waals surface area (Å²) in [6.07, 6.45) is 2.81. The highest BCUT2D eigenvalue weighted by Crippen LogP contribution is 2.33. The molecule has 2 aliphatic heterocycles. The second-order valence-corrected chi connectivity index (χ2v) is 10.4.